The molecule has 3 amide bonds. The Bertz CT molecular complexity index is 1650. The molecule has 2 N–H and O–H groups in total. The van der Waals surface area contributed by atoms with Crippen LogP contribution < -0.4 is 10.6 Å². The molecule has 214 valence electrons. The van der Waals surface area contributed by atoms with Gasteiger partial charge >= 0.3 is 0 Å². The van der Waals surface area contributed by atoms with Crippen LogP contribution in [0.2, 0.25) is 0 Å². The quantitative estimate of drug-likeness (QED) is 0.248. The van der Waals surface area contributed by atoms with Crippen LogP contribution in [-0.4, -0.2) is 45.5 Å². The van der Waals surface area contributed by atoms with Crippen LogP contribution >= 0.6 is 0 Å². The maximum absolute atomic E-state index is 13.4. The summed E-state index contributed by atoms with van der Waals surface area (Å²) in [7, 11) is 0. The van der Waals surface area contributed by atoms with E-state index in [-0.39, 0.29) is 23.4 Å². The molecule has 0 aromatic heterocycles. The molecule has 0 saturated carbocycles. The zero-order chi connectivity index (χ0) is 29.4. The lowest BCUT2D eigenvalue weighted by Gasteiger charge is -2.28. The van der Waals surface area contributed by atoms with Gasteiger partial charge in [-0.25, -0.2) is 0 Å². The first-order chi connectivity index (χ1) is 20.3. The van der Waals surface area contributed by atoms with Crippen molar-refractivity contribution < 1.29 is 19.3 Å². The number of piperidine rings is 1. The molecule has 0 unspecified atom stereocenters. The van der Waals surface area contributed by atoms with Gasteiger partial charge in [-0.05, 0) is 59.7 Å². The standard InChI is InChI=1S/C32H31N5O5/c1-20(38)35-15-13-23-16-25(10-9-24(23)19-35)33-31(30-27-17-26(37(41)42)11-12-28(27)34-32(30)40)22-7-5-21(6-8-22)18-36-14-3-2-4-29(36)39/h5-12,16-17,33H,2-4,13-15,18-19H2,1H3,(H,34,40)/b31-30-. The Morgan fingerprint density at radius 1 is 0.976 bits per heavy atom. The first-order valence-corrected chi connectivity index (χ1v) is 14.1. The van der Waals surface area contributed by atoms with Crippen molar-refractivity contribution in [1.29, 1.82) is 0 Å². The van der Waals surface area contributed by atoms with Crippen molar-refractivity contribution in [2.75, 3.05) is 23.7 Å². The lowest BCUT2D eigenvalue weighted by atomic mass is 9.97. The van der Waals surface area contributed by atoms with Gasteiger partial charge in [0, 0.05) is 68.6 Å². The Hall–Kier alpha value is -4.99. The first-order valence-electron chi connectivity index (χ1n) is 14.1. The van der Waals surface area contributed by atoms with Crippen LogP contribution in [0.15, 0.2) is 60.7 Å². The molecule has 3 aliphatic rings. The van der Waals surface area contributed by atoms with Gasteiger partial charge in [-0.3, -0.25) is 24.5 Å². The number of nitrogens with zero attached hydrogens (tertiary/aromatic N) is 3. The largest absolute Gasteiger partial charge is 0.354 e. The molecule has 1 fully saturated rings. The van der Waals surface area contributed by atoms with Gasteiger partial charge in [-0.2, -0.15) is 0 Å². The molecule has 10 nitrogen and oxygen atoms in total. The van der Waals surface area contributed by atoms with Gasteiger partial charge in [0.25, 0.3) is 11.6 Å². The molecule has 42 heavy (non-hydrogen) atoms. The van der Waals surface area contributed by atoms with Gasteiger partial charge in [0.05, 0.1) is 16.2 Å². The van der Waals surface area contributed by atoms with E-state index < -0.39 is 4.92 Å². The number of rotatable bonds is 6. The van der Waals surface area contributed by atoms with Gasteiger partial charge < -0.3 is 20.4 Å². The third kappa shape index (κ3) is 5.35. The molecule has 3 aromatic carbocycles. The van der Waals surface area contributed by atoms with Gasteiger partial charge in [0.2, 0.25) is 11.8 Å². The van der Waals surface area contributed by atoms with Crippen molar-refractivity contribution in [2.24, 2.45) is 0 Å². The molecule has 0 aliphatic carbocycles. The van der Waals surface area contributed by atoms with Gasteiger partial charge in [0.1, 0.15) is 0 Å². The fraction of sp³-hybridized carbons (Fsp3) is 0.281. The van der Waals surface area contributed by atoms with Crippen LogP contribution in [0.5, 0.6) is 0 Å². The molecule has 10 heteroatoms. The van der Waals surface area contributed by atoms with E-state index in [1.165, 1.54) is 12.1 Å². The number of non-ortho nitro benzene ring substituents is 1. The summed E-state index contributed by atoms with van der Waals surface area (Å²) in [5.41, 5.74) is 6.37. The highest BCUT2D eigenvalue weighted by Gasteiger charge is 2.30. The number of carbonyl (C=O) groups excluding carboxylic acids is 3. The highest BCUT2D eigenvalue weighted by atomic mass is 16.6. The van der Waals surface area contributed by atoms with Crippen LogP contribution in [0.4, 0.5) is 17.1 Å². The number of amides is 3. The maximum Gasteiger partial charge on any atom is 0.270 e. The van der Waals surface area contributed by atoms with Crippen molar-refractivity contribution >= 4 is 46.1 Å². The van der Waals surface area contributed by atoms with Crippen LogP contribution in [0.1, 0.15) is 54.0 Å². The van der Waals surface area contributed by atoms with E-state index in [9.17, 15) is 24.5 Å². The van der Waals surface area contributed by atoms with Crippen molar-refractivity contribution in [1.82, 2.24) is 9.80 Å². The van der Waals surface area contributed by atoms with Gasteiger partial charge in [-0.15, -0.1) is 0 Å². The third-order valence-corrected chi connectivity index (χ3v) is 8.18. The summed E-state index contributed by atoms with van der Waals surface area (Å²) in [5, 5.41) is 17.9. The number of carbonyl (C=O) groups is 3. The molecular formula is C32H31N5O5. The number of anilines is 2. The third-order valence-electron chi connectivity index (χ3n) is 8.18. The molecular weight excluding hydrogens is 534 g/mol. The monoisotopic (exact) mass is 565 g/mol. The lowest BCUT2D eigenvalue weighted by Crippen LogP contribution is -2.34. The second-order valence-corrected chi connectivity index (χ2v) is 11.0. The Morgan fingerprint density at radius 2 is 1.79 bits per heavy atom. The average Bonchev–Trinajstić information content (AvgIpc) is 3.31. The number of hydrogen-bond donors (Lipinski definition) is 2. The molecule has 3 aromatic rings. The number of nitro groups is 1. The molecule has 0 bridgehead atoms. The van der Waals surface area contributed by atoms with Crippen LogP contribution in [0.3, 0.4) is 0 Å². The fourth-order valence-corrected chi connectivity index (χ4v) is 5.87. The number of hydrogen-bond acceptors (Lipinski definition) is 6. The SMILES string of the molecule is CC(=O)N1CCc2cc(N/C(=C3\C(=O)Nc4ccc([N+](=O)[O-])cc43)c3ccc(CN4CCCCC4=O)cc3)ccc2C1. The fourth-order valence-electron chi connectivity index (χ4n) is 5.87. The second-order valence-electron chi connectivity index (χ2n) is 11.0. The number of benzene rings is 3. The van der Waals surface area contributed by atoms with E-state index in [2.05, 4.69) is 10.6 Å². The van der Waals surface area contributed by atoms with E-state index in [4.69, 9.17) is 0 Å². The van der Waals surface area contributed by atoms with Crippen LogP contribution in [0, 0.1) is 10.1 Å². The molecule has 3 heterocycles. The predicted molar refractivity (Wildman–Crippen MR) is 159 cm³/mol. The van der Waals surface area contributed by atoms with E-state index in [0.717, 1.165) is 53.7 Å². The molecule has 0 radical (unpaired) electrons. The summed E-state index contributed by atoms with van der Waals surface area (Å²) in [6.07, 6.45) is 3.22. The minimum Gasteiger partial charge on any atom is -0.354 e. The van der Waals surface area contributed by atoms with Gasteiger partial charge in [0.15, 0.2) is 0 Å². The average molecular weight is 566 g/mol. The van der Waals surface area contributed by atoms with Crippen molar-refractivity contribution in [3.8, 4) is 0 Å². The molecule has 0 atom stereocenters. The maximum atomic E-state index is 13.4. The van der Waals surface area contributed by atoms with Crippen molar-refractivity contribution in [3.05, 3.63) is 98.6 Å². The molecule has 0 spiro atoms. The van der Waals surface area contributed by atoms with Gasteiger partial charge in [-0.1, -0.05) is 30.3 Å². The van der Waals surface area contributed by atoms with Crippen molar-refractivity contribution in [2.45, 2.75) is 45.7 Å². The Balaban J connectivity index is 1.39. The Morgan fingerprint density at radius 3 is 2.52 bits per heavy atom. The summed E-state index contributed by atoms with van der Waals surface area (Å²) in [6.45, 7) is 4.04. The topological polar surface area (TPSA) is 125 Å². The highest BCUT2D eigenvalue weighted by molar-refractivity contribution is 6.37. The van der Waals surface area contributed by atoms with Crippen LogP contribution in [0.25, 0.3) is 11.3 Å². The number of likely N-dealkylation sites (tertiary alicyclic amines) is 1. The normalized spacial score (nSPS) is 17.4. The summed E-state index contributed by atoms with van der Waals surface area (Å²) >= 11 is 0. The number of fused-ring (bicyclic) bond motifs is 2. The van der Waals surface area contributed by atoms with E-state index in [1.807, 2.05) is 52.3 Å². The smallest absolute Gasteiger partial charge is 0.270 e. The summed E-state index contributed by atoms with van der Waals surface area (Å²) in [4.78, 5) is 52.3. The zero-order valence-electron chi connectivity index (χ0n) is 23.3. The van der Waals surface area contributed by atoms with E-state index in [1.54, 1.807) is 13.0 Å². The van der Waals surface area contributed by atoms with E-state index in [0.29, 0.717) is 48.6 Å². The highest BCUT2D eigenvalue weighted by Crippen LogP contribution is 2.39. The first kappa shape index (κ1) is 27.2. The Labute approximate surface area is 243 Å². The summed E-state index contributed by atoms with van der Waals surface area (Å²) in [5.74, 6) is -0.150. The summed E-state index contributed by atoms with van der Waals surface area (Å²) < 4.78 is 0. The van der Waals surface area contributed by atoms with Crippen molar-refractivity contribution in [3.63, 3.8) is 0 Å². The number of nitro benzene ring substituents is 1. The second kappa shape index (κ2) is 11.1. The minimum atomic E-state index is -0.474. The summed E-state index contributed by atoms with van der Waals surface area (Å²) in [6, 6.07) is 18.0. The molecule has 1 saturated heterocycles. The molecule has 3 aliphatic heterocycles. The van der Waals surface area contributed by atoms with Crippen LogP contribution in [-0.2, 0) is 33.9 Å². The predicted octanol–water partition coefficient (Wildman–Crippen LogP) is 4.94. The molecule has 6 rings (SSSR count). The number of nitrogens with one attached hydrogen (secondary N) is 2. The zero-order valence-corrected chi connectivity index (χ0v) is 23.3. The lowest BCUT2D eigenvalue weighted by molar-refractivity contribution is -0.384. The van der Waals surface area contributed by atoms with E-state index >= 15 is 0 Å². The minimum absolute atomic E-state index is 0.0444. The Kier molecular flexibility index (Phi) is 7.20.